The van der Waals surface area contributed by atoms with Gasteiger partial charge >= 0.3 is 0 Å². The topological polar surface area (TPSA) is 75.7 Å². The van der Waals surface area contributed by atoms with E-state index in [2.05, 4.69) is 52.3 Å². The lowest BCUT2D eigenvalue weighted by atomic mass is 9.96. The number of nitrogens with zero attached hydrogens (tertiary/aromatic N) is 6. The van der Waals surface area contributed by atoms with Gasteiger partial charge in [-0.2, -0.15) is 5.10 Å². The Labute approximate surface area is 212 Å². The number of aliphatic imine (C=N–C) groups is 1. The van der Waals surface area contributed by atoms with E-state index in [1.54, 1.807) is 6.33 Å². The summed E-state index contributed by atoms with van der Waals surface area (Å²) in [5.41, 5.74) is 1.23. The number of guanidine groups is 1. The highest BCUT2D eigenvalue weighted by molar-refractivity contribution is 14.0. The van der Waals surface area contributed by atoms with E-state index in [4.69, 9.17) is 11.6 Å². The maximum atomic E-state index is 6.14. The summed E-state index contributed by atoms with van der Waals surface area (Å²) in [7, 11) is 1.87. The molecule has 2 aliphatic rings. The molecule has 1 aromatic carbocycles. The van der Waals surface area contributed by atoms with Gasteiger partial charge in [-0.25, -0.2) is 4.98 Å². The number of rotatable bonds is 6. The summed E-state index contributed by atoms with van der Waals surface area (Å²) in [5.74, 6) is 2.50. The molecule has 32 heavy (non-hydrogen) atoms. The first-order valence-corrected chi connectivity index (χ1v) is 11.6. The number of aromatic nitrogens is 3. The maximum absolute atomic E-state index is 6.14. The predicted octanol–water partition coefficient (Wildman–Crippen LogP) is 3.04. The highest BCUT2D eigenvalue weighted by Gasteiger charge is 2.24. The van der Waals surface area contributed by atoms with Crippen LogP contribution in [0.1, 0.15) is 31.0 Å². The van der Waals surface area contributed by atoms with Crippen LogP contribution in [0.3, 0.4) is 0 Å². The number of benzene rings is 1. The first kappa shape index (κ1) is 25.0. The smallest absolute Gasteiger partial charge is 0.193 e. The molecule has 0 saturated carbocycles. The molecule has 2 aromatic rings. The Hall–Kier alpha value is -1.59. The normalized spacial score (nSPS) is 18.5. The molecule has 3 heterocycles. The Morgan fingerprint density at radius 1 is 1.19 bits per heavy atom. The Morgan fingerprint density at radius 3 is 2.62 bits per heavy atom. The SMILES string of the molecule is CN=C(NCCCN1CCN(c2cccc(Cl)c2)CC1)N1CCC(c2ncn[nH]2)CC1.I. The third-order valence-corrected chi connectivity index (χ3v) is 6.54. The van der Waals surface area contributed by atoms with Crippen LogP contribution < -0.4 is 10.2 Å². The van der Waals surface area contributed by atoms with Crippen molar-refractivity contribution in [2.75, 3.05) is 64.3 Å². The third kappa shape index (κ3) is 6.71. The summed E-state index contributed by atoms with van der Waals surface area (Å²) in [6.45, 7) is 8.34. The number of hydrogen-bond donors (Lipinski definition) is 2. The molecule has 0 atom stereocenters. The molecule has 2 saturated heterocycles. The minimum absolute atomic E-state index is 0. The highest BCUT2D eigenvalue weighted by Crippen LogP contribution is 2.25. The Kier molecular flexibility index (Phi) is 9.86. The molecular weight excluding hydrogens is 539 g/mol. The fourth-order valence-electron chi connectivity index (χ4n) is 4.51. The molecule has 2 N–H and O–H groups in total. The first-order chi connectivity index (χ1) is 15.2. The van der Waals surface area contributed by atoms with Gasteiger partial charge in [-0.05, 0) is 44.0 Å². The van der Waals surface area contributed by atoms with E-state index in [0.29, 0.717) is 5.92 Å². The minimum atomic E-state index is 0. The molecule has 10 heteroatoms. The van der Waals surface area contributed by atoms with E-state index in [9.17, 15) is 0 Å². The molecule has 4 rings (SSSR count). The number of piperidine rings is 1. The Balaban J connectivity index is 0.00000289. The van der Waals surface area contributed by atoms with Gasteiger partial charge in [0.1, 0.15) is 12.2 Å². The van der Waals surface area contributed by atoms with Gasteiger partial charge in [0.15, 0.2) is 5.96 Å². The summed E-state index contributed by atoms with van der Waals surface area (Å²) >= 11 is 6.14. The predicted molar refractivity (Wildman–Crippen MR) is 141 cm³/mol. The van der Waals surface area contributed by atoms with Crippen molar-refractivity contribution >= 4 is 47.2 Å². The molecule has 2 fully saturated rings. The van der Waals surface area contributed by atoms with Crippen LogP contribution in [0.5, 0.6) is 0 Å². The van der Waals surface area contributed by atoms with E-state index in [-0.39, 0.29) is 24.0 Å². The summed E-state index contributed by atoms with van der Waals surface area (Å²) in [5, 5.41) is 11.4. The number of nitrogens with one attached hydrogen (secondary N) is 2. The number of halogens is 2. The monoisotopic (exact) mass is 572 g/mol. The summed E-state index contributed by atoms with van der Waals surface area (Å²) in [6.07, 6.45) is 4.86. The van der Waals surface area contributed by atoms with Gasteiger partial charge in [-0.1, -0.05) is 17.7 Å². The summed E-state index contributed by atoms with van der Waals surface area (Å²) in [4.78, 5) is 16.1. The Morgan fingerprint density at radius 2 is 1.97 bits per heavy atom. The lowest BCUT2D eigenvalue weighted by Crippen LogP contribution is -2.48. The molecule has 0 aliphatic carbocycles. The van der Waals surface area contributed by atoms with Crippen LogP contribution in [0.25, 0.3) is 0 Å². The lowest BCUT2D eigenvalue weighted by Gasteiger charge is -2.36. The second-order valence-electron chi connectivity index (χ2n) is 8.27. The average Bonchev–Trinajstić information content (AvgIpc) is 3.35. The van der Waals surface area contributed by atoms with Crippen molar-refractivity contribution in [1.29, 1.82) is 0 Å². The summed E-state index contributed by atoms with van der Waals surface area (Å²) < 4.78 is 0. The van der Waals surface area contributed by atoms with Gasteiger partial charge in [-0.3, -0.25) is 15.0 Å². The zero-order valence-electron chi connectivity index (χ0n) is 18.7. The van der Waals surface area contributed by atoms with E-state index in [1.807, 2.05) is 19.2 Å². The second-order valence-corrected chi connectivity index (χ2v) is 8.70. The lowest BCUT2D eigenvalue weighted by molar-refractivity contribution is 0.254. The largest absolute Gasteiger partial charge is 0.369 e. The zero-order chi connectivity index (χ0) is 21.5. The molecule has 0 spiro atoms. The van der Waals surface area contributed by atoms with Crippen LogP contribution in [-0.2, 0) is 0 Å². The number of aromatic amines is 1. The van der Waals surface area contributed by atoms with Gasteiger partial charge in [0.25, 0.3) is 0 Å². The van der Waals surface area contributed by atoms with Crippen molar-refractivity contribution in [2.24, 2.45) is 4.99 Å². The standard InChI is InChI=1S/C22H33ClN8.HI/c1-24-22(31-10-6-18(7-11-31)21-26-17-27-28-21)25-8-3-9-29-12-14-30(15-13-29)20-5-2-4-19(23)16-20;/h2,4-5,16-18H,3,6-15H2,1H3,(H,24,25)(H,26,27,28);1H. The van der Waals surface area contributed by atoms with E-state index < -0.39 is 0 Å². The van der Waals surface area contributed by atoms with Crippen LogP contribution in [0, 0.1) is 0 Å². The highest BCUT2D eigenvalue weighted by atomic mass is 127. The van der Waals surface area contributed by atoms with Crippen LogP contribution in [0.2, 0.25) is 5.02 Å². The van der Waals surface area contributed by atoms with Crippen molar-refractivity contribution in [2.45, 2.75) is 25.2 Å². The van der Waals surface area contributed by atoms with Gasteiger partial charge in [0, 0.05) is 69.5 Å². The van der Waals surface area contributed by atoms with Crippen molar-refractivity contribution < 1.29 is 0 Å². The second kappa shape index (κ2) is 12.6. The van der Waals surface area contributed by atoms with E-state index in [0.717, 1.165) is 88.4 Å². The molecule has 8 nitrogen and oxygen atoms in total. The van der Waals surface area contributed by atoms with E-state index >= 15 is 0 Å². The van der Waals surface area contributed by atoms with Gasteiger partial charge in [0.2, 0.25) is 0 Å². The number of hydrogen-bond acceptors (Lipinski definition) is 5. The Bertz CT molecular complexity index is 830. The fourth-order valence-corrected chi connectivity index (χ4v) is 4.70. The molecule has 0 radical (unpaired) electrons. The van der Waals surface area contributed by atoms with Gasteiger partial charge in [0.05, 0.1) is 0 Å². The fraction of sp³-hybridized carbons (Fsp3) is 0.591. The van der Waals surface area contributed by atoms with E-state index in [1.165, 1.54) is 5.69 Å². The number of piperazine rings is 1. The van der Waals surface area contributed by atoms with Crippen LogP contribution in [0.4, 0.5) is 5.69 Å². The molecule has 0 bridgehead atoms. The average molecular weight is 573 g/mol. The number of H-pyrrole nitrogens is 1. The molecular formula is C22H34ClIN8. The van der Waals surface area contributed by atoms with Crippen molar-refractivity contribution in [3.05, 3.63) is 41.4 Å². The number of likely N-dealkylation sites (tertiary alicyclic amines) is 1. The molecule has 0 unspecified atom stereocenters. The molecule has 0 amide bonds. The molecule has 176 valence electrons. The molecule has 2 aliphatic heterocycles. The molecule has 1 aromatic heterocycles. The number of anilines is 1. The van der Waals surface area contributed by atoms with Crippen LogP contribution in [-0.4, -0.2) is 90.3 Å². The van der Waals surface area contributed by atoms with Crippen LogP contribution in [0.15, 0.2) is 35.6 Å². The van der Waals surface area contributed by atoms with Crippen LogP contribution >= 0.6 is 35.6 Å². The minimum Gasteiger partial charge on any atom is -0.369 e. The zero-order valence-corrected chi connectivity index (χ0v) is 21.8. The summed E-state index contributed by atoms with van der Waals surface area (Å²) in [6, 6.07) is 8.16. The third-order valence-electron chi connectivity index (χ3n) is 6.31. The van der Waals surface area contributed by atoms with Crippen molar-refractivity contribution in [3.63, 3.8) is 0 Å². The quantitative estimate of drug-likeness (QED) is 0.240. The van der Waals surface area contributed by atoms with Crippen molar-refractivity contribution in [3.8, 4) is 0 Å². The first-order valence-electron chi connectivity index (χ1n) is 11.3. The maximum Gasteiger partial charge on any atom is 0.193 e. The van der Waals surface area contributed by atoms with Crippen molar-refractivity contribution in [1.82, 2.24) is 30.3 Å². The van der Waals surface area contributed by atoms with Gasteiger partial charge in [-0.15, -0.1) is 24.0 Å². The van der Waals surface area contributed by atoms with Gasteiger partial charge < -0.3 is 15.1 Å².